The Balaban J connectivity index is 2.01. The monoisotopic (exact) mass is 305 g/mol. The number of Topliss-reactive ketones (excluding diaryl/α,β-unsaturated/α-hetero) is 1. The molecule has 8 heteroatoms. The SMILES string of the molecule is C/C(N)=C(\C#N)C(=O)CSc1n[nH]c(-c2cccs2)n1. The molecule has 2 heterocycles. The fourth-order valence-corrected chi connectivity index (χ4v) is 2.74. The number of hydrogen-bond donors (Lipinski definition) is 2. The summed E-state index contributed by atoms with van der Waals surface area (Å²) in [6.07, 6.45) is 0. The number of hydrogen-bond acceptors (Lipinski definition) is 7. The summed E-state index contributed by atoms with van der Waals surface area (Å²) in [6, 6.07) is 5.66. The van der Waals surface area contributed by atoms with Gasteiger partial charge in [0.1, 0.15) is 11.6 Å². The van der Waals surface area contributed by atoms with Crippen LogP contribution in [0.15, 0.2) is 33.9 Å². The second-order valence-electron chi connectivity index (χ2n) is 3.83. The Morgan fingerprint density at radius 3 is 3.05 bits per heavy atom. The lowest BCUT2D eigenvalue weighted by molar-refractivity contribution is -0.112. The van der Waals surface area contributed by atoms with E-state index >= 15 is 0 Å². The highest BCUT2D eigenvalue weighted by molar-refractivity contribution is 7.99. The van der Waals surface area contributed by atoms with Crippen LogP contribution in [0.4, 0.5) is 0 Å². The van der Waals surface area contributed by atoms with E-state index in [1.54, 1.807) is 11.3 Å². The molecule has 2 aromatic rings. The molecule has 0 saturated carbocycles. The van der Waals surface area contributed by atoms with Crippen molar-refractivity contribution < 1.29 is 4.79 Å². The molecule has 0 aliphatic carbocycles. The van der Waals surface area contributed by atoms with Crippen LogP contribution < -0.4 is 5.73 Å². The summed E-state index contributed by atoms with van der Waals surface area (Å²) in [5, 5.41) is 18.1. The van der Waals surface area contributed by atoms with Gasteiger partial charge in [0.2, 0.25) is 5.16 Å². The number of rotatable bonds is 5. The van der Waals surface area contributed by atoms with E-state index in [4.69, 9.17) is 11.0 Å². The predicted octanol–water partition coefficient (Wildman–Crippen LogP) is 1.95. The van der Waals surface area contributed by atoms with Gasteiger partial charge in [-0.05, 0) is 18.4 Å². The van der Waals surface area contributed by atoms with Gasteiger partial charge in [-0.1, -0.05) is 17.8 Å². The van der Waals surface area contributed by atoms with Crippen LogP contribution in [0.25, 0.3) is 10.7 Å². The van der Waals surface area contributed by atoms with Gasteiger partial charge in [-0.15, -0.1) is 16.4 Å². The van der Waals surface area contributed by atoms with Crippen LogP contribution in [-0.4, -0.2) is 26.7 Å². The van der Waals surface area contributed by atoms with Gasteiger partial charge in [-0.3, -0.25) is 9.89 Å². The van der Waals surface area contributed by atoms with Crippen LogP contribution in [0, 0.1) is 11.3 Å². The van der Waals surface area contributed by atoms with Gasteiger partial charge in [-0.2, -0.15) is 5.26 Å². The van der Waals surface area contributed by atoms with Gasteiger partial charge in [-0.25, -0.2) is 4.98 Å². The first kappa shape index (κ1) is 14.3. The molecular formula is C12H11N5OS2. The fraction of sp³-hybridized carbons (Fsp3) is 0.167. The molecule has 0 spiro atoms. The molecule has 102 valence electrons. The zero-order valence-corrected chi connectivity index (χ0v) is 12.2. The van der Waals surface area contributed by atoms with Crippen molar-refractivity contribution in [3.8, 4) is 16.8 Å². The number of thioether (sulfide) groups is 1. The van der Waals surface area contributed by atoms with Gasteiger partial charge in [0.25, 0.3) is 0 Å². The zero-order chi connectivity index (χ0) is 14.5. The Morgan fingerprint density at radius 2 is 2.45 bits per heavy atom. The van der Waals surface area contributed by atoms with Gasteiger partial charge in [0.05, 0.1) is 10.6 Å². The van der Waals surface area contributed by atoms with Crippen molar-refractivity contribution >= 4 is 28.9 Å². The number of carbonyl (C=O) groups is 1. The summed E-state index contributed by atoms with van der Waals surface area (Å²) >= 11 is 2.72. The highest BCUT2D eigenvalue weighted by Gasteiger charge is 2.14. The largest absolute Gasteiger partial charge is 0.401 e. The maximum Gasteiger partial charge on any atom is 0.209 e. The molecule has 0 aromatic carbocycles. The highest BCUT2D eigenvalue weighted by Crippen LogP contribution is 2.23. The lowest BCUT2D eigenvalue weighted by atomic mass is 10.2. The van der Waals surface area contributed by atoms with Crippen molar-refractivity contribution in [2.45, 2.75) is 12.1 Å². The minimum absolute atomic E-state index is 0.00786. The van der Waals surface area contributed by atoms with Gasteiger partial charge < -0.3 is 5.73 Å². The summed E-state index contributed by atoms with van der Waals surface area (Å²) in [5.41, 5.74) is 5.70. The number of ketones is 1. The maximum atomic E-state index is 11.8. The molecule has 0 radical (unpaired) electrons. The first-order valence-electron chi connectivity index (χ1n) is 5.60. The average molecular weight is 305 g/mol. The number of nitrogens with zero attached hydrogens (tertiary/aromatic N) is 3. The molecule has 0 aliphatic heterocycles. The van der Waals surface area contributed by atoms with E-state index in [1.165, 1.54) is 18.7 Å². The summed E-state index contributed by atoms with van der Waals surface area (Å²) in [5.74, 6) is 0.431. The van der Waals surface area contributed by atoms with E-state index in [-0.39, 0.29) is 22.8 Å². The Kier molecular flexibility index (Phi) is 4.55. The summed E-state index contributed by atoms with van der Waals surface area (Å²) in [6.45, 7) is 1.53. The third-order valence-corrected chi connectivity index (χ3v) is 4.06. The third kappa shape index (κ3) is 3.26. The molecule has 0 saturated heterocycles. The van der Waals surface area contributed by atoms with Gasteiger partial charge in [0, 0.05) is 5.70 Å². The minimum Gasteiger partial charge on any atom is -0.401 e. The molecule has 0 bridgehead atoms. The second-order valence-corrected chi connectivity index (χ2v) is 5.72. The first-order valence-corrected chi connectivity index (χ1v) is 7.47. The number of nitrogens with one attached hydrogen (secondary N) is 1. The molecule has 0 aliphatic rings. The Hall–Kier alpha value is -2.11. The van der Waals surface area contributed by atoms with Gasteiger partial charge >= 0.3 is 0 Å². The number of thiophene rings is 1. The molecule has 0 unspecified atom stereocenters. The predicted molar refractivity (Wildman–Crippen MR) is 77.9 cm³/mol. The molecule has 3 N–H and O–H groups in total. The van der Waals surface area contributed by atoms with Crippen molar-refractivity contribution in [2.75, 3.05) is 5.75 Å². The van der Waals surface area contributed by atoms with Crippen molar-refractivity contribution in [3.05, 3.63) is 28.8 Å². The van der Waals surface area contributed by atoms with E-state index in [2.05, 4.69) is 15.2 Å². The van der Waals surface area contributed by atoms with E-state index in [0.29, 0.717) is 11.0 Å². The number of nitriles is 1. The standard InChI is InChI=1S/C12H11N5OS2/c1-7(14)8(5-13)9(18)6-20-12-15-11(16-17-12)10-3-2-4-19-10/h2-4H,6,14H2,1H3,(H,15,16,17)/b8-7-. The third-order valence-electron chi connectivity index (χ3n) is 2.34. The molecule has 2 aromatic heterocycles. The lowest BCUT2D eigenvalue weighted by Crippen LogP contribution is -2.10. The Labute approximate surface area is 123 Å². The summed E-state index contributed by atoms with van der Waals surface area (Å²) < 4.78 is 0. The number of H-pyrrole nitrogens is 1. The molecule has 0 amide bonds. The summed E-state index contributed by atoms with van der Waals surface area (Å²) in [4.78, 5) is 17.0. The number of allylic oxidation sites excluding steroid dienone is 2. The van der Waals surface area contributed by atoms with Crippen LogP contribution >= 0.6 is 23.1 Å². The van der Waals surface area contributed by atoms with Crippen LogP contribution in [0.3, 0.4) is 0 Å². The minimum atomic E-state index is -0.319. The molecule has 2 rings (SSSR count). The first-order chi connectivity index (χ1) is 9.61. The zero-order valence-electron chi connectivity index (χ0n) is 10.6. The Morgan fingerprint density at radius 1 is 1.65 bits per heavy atom. The van der Waals surface area contributed by atoms with E-state index in [9.17, 15) is 4.79 Å². The lowest BCUT2D eigenvalue weighted by Gasteiger charge is -1.98. The van der Waals surface area contributed by atoms with Crippen LogP contribution in [0.2, 0.25) is 0 Å². The van der Waals surface area contributed by atoms with Crippen molar-refractivity contribution in [1.82, 2.24) is 15.2 Å². The van der Waals surface area contributed by atoms with E-state index in [1.807, 2.05) is 23.6 Å². The smallest absolute Gasteiger partial charge is 0.209 e. The maximum absolute atomic E-state index is 11.8. The fourth-order valence-electron chi connectivity index (χ4n) is 1.41. The van der Waals surface area contributed by atoms with Crippen LogP contribution in [0.5, 0.6) is 0 Å². The number of aromatic amines is 1. The molecule has 6 nitrogen and oxygen atoms in total. The van der Waals surface area contributed by atoms with Crippen molar-refractivity contribution in [3.63, 3.8) is 0 Å². The van der Waals surface area contributed by atoms with Crippen molar-refractivity contribution in [1.29, 1.82) is 5.26 Å². The van der Waals surface area contributed by atoms with Crippen LogP contribution in [-0.2, 0) is 4.79 Å². The molecular weight excluding hydrogens is 294 g/mol. The number of aromatic nitrogens is 3. The number of carbonyl (C=O) groups excluding carboxylic acids is 1. The van der Waals surface area contributed by atoms with Crippen LogP contribution in [0.1, 0.15) is 6.92 Å². The van der Waals surface area contributed by atoms with Gasteiger partial charge in [0.15, 0.2) is 11.6 Å². The van der Waals surface area contributed by atoms with E-state index < -0.39 is 0 Å². The molecule has 20 heavy (non-hydrogen) atoms. The van der Waals surface area contributed by atoms with E-state index in [0.717, 1.165) is 4.88 Å². The molecule has 0 fully saturated rings. The Bertz CT molecular complexity index is 677. The quantitative estimate of drug-likeness (QED) is 0.496. The topological polar surface area (TPSA) is 108 Å². The highest BCUT2D eigenvalue weighted by atomic mass is 32.2. The average Bonchev–Trinajstić information content (AvgIpc) is 3.07. The number of nitrogens with two attached hydrogens (primary N) is 1. The molecule has 0 atom stereocenters. The van der Waals surface area contributed by atoms with Crippen molar-refractivity contribution in [2.24, 2.45) is 5.73 Å². The normalized spacial score (nSPS) is 11.8. The summed E-state index contributed by atoms with van der Waals surface area (Å²) in [7, 11) is 0. The second kappa shape index (κ2) is 6.36.